The Morgan fingerprint density at radius 1 is 1.60 bits per heavy atom. The number of hydrogen-bond acceptors (Lipinski definition) is 1. The lowest BCUT2D eigenvalue weighted by Gasteiger charge is -2.01. The van der Waals surface area contributed by atoms with Crippen LogP contribution in [0.5, 0.6) is 0 Å². The van der Waals surface area contributed by atoms with Crippen molar-refractivity contribution >= 4 is 18.4 Å². The van der Waals surface area contributed by atoms with Gasteiger partial charge in [0, 0.05) is 5.57 Å². The normalized spacial score (nSPS) is 8.70. The second kappa shape index (κ2) is 5.30. The van der Waals surface area contributed by atoms with E-state index in [4.69, 9.17) is 5.11 Å². The van der Waals surface area contributed by atoms with Crippen molar-refractivity contribution in [3.63, 3.8) is 0 Å². The highest BCUT2D eigenvalue weighted by Crippen LogP contribution is 2.07. The molecule has 10 heavy (non-hydrogen) atoms. The van der Waals surface area contributed by atoms with Gasteiger partial charge in [-0.05, 0) is 12.3 Å². The zero-order valence-corrected chi connectivity index (χ0v) is 7.07. The molecule has 0 aliphatic heterocycles. The lowest BCUT2D eigenvalue weighted by atomic mass is 10.1. The highest BCUT2D eigenvalue weighted by Gasteiger charge is 2.04. The van der Waals surface area contributed by atoms with Crippen LogP contribution in [-0.4, -0.2) is 11.1 Å². The second-order valence-corrected chi connectivity index (χ2v) is 2.51. The van der Waals surface area contributed by atoms with Crippen molar-refractivity contribution in [3.05, 3.63) is 12.2 Å². The fraction of sp³-hybridized carbons (Fsp3) is 0.571. The number of carboxylic acid groups (broad SMARTS) is 1. The fourth-order valence-corrected chi connectivity index (χ4v) is 0.580. The molecule has 0 rings (SSSR count). The lowest BCUT2D eigenvalue weighted by molar-refractivity contribution is -0.132. The summed E-state index contributed by atoms with van der Waals surface area (Å²) in [5, 5.41) is 8.33. The van der Waals surface area contributed by atoms with Gasteiger partial charge >= 0.3 is 5.97 Å². The SMILES string of the molecule is C=C(CC(C)C)C(=O)O.Cl. The first kappa shape index (κ1) is 12.2. The van der Waals surface area contributed by atoms with E-state index in [1.807, 2.05) is 13.8 Å². The second-order valence-electron chi connectivity index (χ2n) is 2.51. The summed E-state index contributed by atoms with van der Waals surface area (Å²) in [6, 6.07) is 0. The molecule has 0 fully saturated rings. The van der Waals surface area contributed by atoms with Gasteiger partial charge in [0.05, 0.1) is 0 Å². The quantitative estimate of drug-likeness (QED) is 0.649. The van der Waals surface area contributed by atoms with E-state index in [-0.39, 0.29) is 12.4 Å². The Balaban J connectivity index is 0. The summed E-state index contributed by atoms with van der Waals surface area (Å²) in [7, 11) is 0. The van der Waals surface area contributed by atoms with E-state index in [1.54, 1.807) is 0 Å². The summed E-state index contributed by atoms with van der Waals surface area (Å²) < 4.78 is 0. The summed E-state index contributed by atoms with van der Waals surface area (Å²) >= 11 is 0. The van der Waals surface area contributed by atoms with Gasteiger partial charge in [-0.15, -0.1) is 12.4 Å². The molecule has 0 aromatic carbocycles. The van der Waals surface area contributed by atoms with E-state index in [0.29, 0.717) is 17.9 Å². The van der Waals surface area contributed by atoms with Crippen LogP contribution in [-0.2, 0) is 4.79 Å². The fourth-order valence-electron chi connectivity index (χ4n) is 0.580. The van der Waals surface area contributed by atoms with Gasteiger partial charge in [-0.25, -0.2) is 4.79 Å². The minimum Gasteiger partial charge on any atom is -0.478 e. The van der Waals surface area contributed by atoms with Crippen molar-refractivity contribution in [2.75, 3.05) is 0 Å². The van der Waals surface area contributed by atoms with E-state index in [2.05, 4.69) is 6.58 Å². The zero-order chi connectivity index (χ0) is 7.44. The topological polar surface area (TPSA) is 37.3 Å². The molecular formula is C7H13ClO2. The van der Waals surface area contributed by atoms with Crippen LogP contribution in [0.25, 0.3) is 0 Å². The van der Waals surface area contributed by atoms with Gasteiger partial charge in [-0.2, -0.15) is 0 Å². The number of hydrogen-bond donors (Lipinski definition) is 1. The minimum atomic E-state index is -0.885. The monoisotopic (exact) mass is 164 g/mol. The van der Waals surface area contributed by atoms with Crippen molar-refractivity contribution in [3.8, 4) is 0 Å². The Morgan fingerprint density at radius 2 is 2.00 bits per heavy atom. The van der Waals surface area contributed by atoms with Crippen LogP contribution in [0, 0.1) is 5.92 Å². The van der Waals surface area contributed by atoms with Gasteiger partial charge in [-0.3, -0.25) is 0 Å². The summed E-state index contributed by atoms with van der Waals surface area (Å²) in [6.45, 7) is 7.33. The van der Waals surface area contributed by atoms with Crippen molar-refractivity contribution < 1.29 is 9.90 Å². The minimum absolute atomic E-state index is 0. The molecule has 0 saturated heterocycles. The highest BCUT2D eigenvalue weighted by atomic mass is 35.5. The first-order valence-electron chi connectivity index (χ1n) is 2.95. The predicted molar refractivity (Wildman–Crippen MR) is 43.5 cm³/mol. The molecule has 0 heterocycles. The lowest BCUT2D eigenvalue weighted by Crippen LogP contribution is -2.01. The molecule has 0 saturated carbocycles. The molecular weight excluding hydrogens is 152 g/mol. The molecule has 0 amide bonds. The smallest absolute Gasteiger partial charge is 0.330 e. The standard InChI is InChI=1S/C7H12O2.ClH/c1-5(2)4-6(3)7(8)9;/h5H,3-4H2,1-2H3,(H,8,9);1H. The summed E-state index contributed by atoms with van der Waals surface area (Å²) in [5.41, 5.74) is 0.296. The third-order valence-corrected chi connectivity index (χ3v) is 0.957. The molecule has 0 aromatic heterocycles. The number of halogens is 1. The average molecular weight is 165 g/mol. The van der Waals surface area contributed by atoms with Crippen LogP contribution in [0.2, 0.25) is 0 Å². The van der Waals surface area contributed by atoms with Gasteiger partial charge in [0.2, 0.25) is 0 Å². The predicted octanol–water partition coefficient (Wildman–Crippen LogP) is 2.10. The zero-order valence-electron chi connectivity index (χ0n) is 6.26. The molecule has 0 aliphatic rings. The van der Waals surface area contributed by atoms with Crippen LogP contribution in [0.1, 0.15) is 20.3 Å². The highest BCUT2D eigenvalue weighted by molar-refractivity contribution is 5.85. The maximum Gasteiger partial charge on any atom is 0.330 e. The number of rotatable bonds is 3. The largest absolute Gasteiger partial charge is 0.478 e. The molecule has 2 nitrogen and oxygen atoms in total. The Hall–Kier alpha value is -0.500. The van der Waals surface area contributed by atoms with E-state index < -0.39 is 5.97 Å². The summed E-state index contributed by atoms with van der Waals surface area (Å²) in [4.78, 5) is 10.1. The molecule has 0 aromatic rings. The molecule has 1 N–H and O–H groups in total. The van der Waals surface area contributed by atoms with Gasteiger partial charge < -0.3 is 5.11 Å². The third kappa shape index (κ3) is 5.63. The van der Waals surface area contributed by atoms with Gasteiger partial charge in [0.1, 0.15) is 0 Å². The Bertz CT molecular complexity index is 130. The first-order valence-corrected chi connectivity index (χ1v) is 2.95. The van der Waals surface area contributed by atoms with Crippen molar-refractivity contribution in [1.29, 1.82) is 0 Å². The van der Waals surface area contributed by atoms with Crippen LogP contribution < -0.4 is 0 Å². The third-order valence-electron chi connectivity index (χ3n) is 0.957. The maximum atomic E-state index is 10.1. The van der Waals surface area contributed by atoms with Crippen molar-refractivity contribution in [2.45, 2.75) is 20.3 Å². The van der Waals surface area contributed by atoms with Crippen molar-refractivity contribution in [1.82, 2.24) is 0 Å². The molecule has 0 aliphatic carbocycles. The number of carboxylic acids is 1. The van der Waals surface area contributed by atoms with Crippen LogP contribution in [0.15, 0.2) is 12.2 Å². The number of aliphatic carboxylic acids is 1. The van der Waals surface area contributed by atoms with Crippen molar-refractivity contribution in [2.24, 2.45) is 5.92 Å². The van der Waals surface area contributed by atoms with E-state index in [9.17, 15) is 4.79 Å². The van der Waals surface area contributed by atoms with E-state index >= 15 is 0 Å². The van der Waals surface area contributed by atoms with Gasteiger partial charge in [-0.1, -0.05) is 20.4 Å². The Kier molecular flexibility index (Phi) is 6.46. The van der Waals surface area contributed by atoms with Crippen LogP contribution in [0.4, 0.5) is 0 Å². The molecule has 0 radical (unpaired) electrons. The van der Waals surface area contributed by atoms with Gasteiger partial charge in [0.15, 0.2) is 0 Å². The summed E-state index contributed by atoms with van der Waals surface area (Å²) in [6.07, 6.45) is 0.579. The molecule has 3 heteroatoms. The van der Waals surface area contributed by atoms with Gasteiger partial charge in [0.25, 0.3) is 0 Å². The molecule has 0 unspecified atom stereocenters. The Morgan fingerprint density at radius 3 is 2.10 bits per heavy atom. The van der Waals surface area contributed by atoms with Crippen LogP contribution >= 0.6 is 12.4 Å². The van der Waals surface area contributed by atoms with Crippen LogP contribution in [0.3, 0.4) is 0 Å². The molecule has 0 bridgehead atoms. The first-order chi connectivity index (χ1) is 4.04. The molecule has 0 atom stereocenters. The Labute approximate surface area is 67.3 Å². The van der Waals surface area contributed by atoms with E-state index in [0.717, 1.165) is 0 Å². The van der Waals surface area contributed by atoms with E-state index in [1.165, 1.54) is 0 Å². The average Bonchev–Trinajstić information content (AvgIpc) is 1.63. The molecule has 60 valence electrons. The summed E-state index contributed by atoms with van der Waals surface area (Å²) in [5.74, 6) is -0.502. The maximum absolute atomic E-state index is 10.1. The molecule has 0 spiro atoms. The number of carbonyl (C=O) groups is 1.